The largest absolute Gasteiger partial charge is 0.508 e. The van der Waals surface area contributed by atoms with Gasteiger partial charge in [-0.2, -0.15) is 0 Å². The molecule has 2 unspecified atom stereocenters. The zero-order chi connectivity index (χ0) is 15.9. The zero-order valence-electron chi connectivity index (χ0n) is 13.5. The van der Waals surface area contributed by atoms with Crippen LogP contribution in [0.1, 0.15) is 46.1 Å². The van der Waals surface area contributed by atoms with Gasteiger partial charge in [0.2, 0.25) is 0 Å². The number of rotatable bonds is 8. The molecule has 2 atom stereocenters. The average molecular weight is 293 g/mol. The average Bonchev–Trinajstić information content (AvgIpc) is 2.46. The van der Waals surface area contributed by atoms with Gasteiger partial charge in [-0.3, -0.25) is 10.1 Å². The second-order valence-corrected chi connectivity index (χ2v) is 5.67. The van der Waals surface area contributed by atoms with Gasteiger partial charge in [0.05, 0.1) is 6.61 Å². The van der Waals surface area contributed by atoms with E-state index in [2.05, 4.69) is 19.2 Å². The number of nitrogens with one attached hydrogen (secondary N) is 1. The minimum Gasteiger partial charge on any atom is -0.508 e. The van der Waals surface area contributed by atoms with Crippen LogP contribution in [0.3, 0.4) is 0 Å². The molecule has 118 valence electrons. The van der Waals surface area contributed by atoms with Crippen LogP contribution in [0.5, 0.6) is 5.75 Å². The second kappa shape index (κ2) is 8.03. The molecule has 0 fully saturated rings. The van der Waals surface area contributed by atoms with Crippen LogP contribution in [0.25, 0.3) is 0 Å². The predicted molar refractivity (Wildman–Crippen MR) is 84.4 cm³/mol. The van der Waals surface area contributed by atoms with Gasteiger partial charge in [-0.05, 0) is 57.7 Å². The Kier molecular flexibility index (Phi) is 6.69. The summed E-state index contributed by atoms with van der Waals surface area (Å²) in [6.45, 7) is 8.26. The molecule has 0 saturated carbocycles. The number of ether oxygens (including phenoxy) is 1. The first-order chi connectivity index (χ1) is 9.91. The number of carbonyl (C=O) groups is 1. The van der Waals surface area contributed by atoms with Crippen LogP contribution < -0.4 is 5.32 Å². The first-order valence-electron chi connectivity index (χ1n) is 7.64. The third kappa shape index (κ3) is 5.38. The van der Waals surface area contributed by atoms with Crippen molar-refractivity contribution >= 4 is 5.97 Å². The number of hydrogen-bond donors (Lipinski definition) is 2. The molecule has 21 heavy (non-hydrogen) atoms. The highest BCUT2D eigenvalue weighted by molar-refractivity contribution is 5.80. The van der Waals surface area contributed by atoms with Crippen LogP contribution in [0.15, 0.2) is 24.3 Å². The van der Waals surface area contributed by atoms with E-state index < -0.39 is 5.54 Å². The summed E-state index contributed by atoms with van der Waals surface area (Å²) in [5.74, 6) is 0.0497. The number of aryl methyl sites for hydroxylation is 1. The summed E-state index contributed by atoms with van der Waals surface area (Å²) in [4.78, 5) is 12.3. The molecule has 0 aromatic heterocycles. The van der Waals surface area contributed by atoms with Crippen LogP contribution in [-0.4, -0.2) is 29.3 Å². The molecule has 0 spiro atoms. The molecule has 1 rings (SSSR count). The molecule has 0 saturated heterocycles. The van der Waals surface area contributed by atoms with Crippen LogP contribution in [0.4, 0.5) is 0 Å². The number of carbonyl (C=O) groups excluding carboxylic acids is 1. The lowest BCUT2D eigenvalue weighted by molar-refractivity contribution is -0.151. The normalized spacial score (nSPS) is 15.2. The van der Waals surface area contributed by atoms with Crippen molar-refractivity contribution in [3.05, 3.63) is 29.8 Å². The van der Waals surface area contributed by atoms with Crippen molar-refractivity contribution in [3.8, 4) is 5.75 Å². The van der Waals surface area contributed by atoms with Crippen molar-refractivity contribution in [1.29, 1.82) is 0 Å². The van der Waals surface area contributed by atoms with E-state index in [-0.39, 0.29) is 17.8 Å². The van der Waals surface area contributed by atoms with Gasteiger partial charge >= 0.3 is 5.97 Å². The van der Waals surface area contributed by atoms with Gasteiger partial charge in [0.15, 0.2) is 0 Å². The first kappa shape index (κ1) is 17.5. The van der Waals surface area contributed by atoms with E-state index in [4.69, 9.17) is 4.74 Å². The lowest BCUT2D eigenvalue weighted by Crippen LogP contribution is -2.54. The highest BCUT2D eigenvalue weighted by Crippen LogP contribution is 2.19. The molecule has 0 bridgehead atoms. The summed E-state index contributed by atoms with van der Waals surface area (Å²) in [7, 11) is 0. The van der Waals surface area contributed by atoms with Crippen LogP contribution in [0, 0.1) is 0 Å². The van der Waals surface area contributed by atoms with Crippen molar-refractivity contribution < 1.29 is 14.6 Å². The van der Waals surface area contributed by atoms with Crippen molar-refractivity contribution in [3.63, 3.8) is 0 Å². The summed E-state index contributed by atoms with van der Waals surface area (Å²) in [6, 6.07) is 7.34. The number of hydrogen-bond acceptors (Lipinski definition) is 4. The van der Waals surface area contributed by atoms with Gasteiger partial charge < -0.3 is 9.84 Å². The fourth-order valence-electron chi connectivity index (χ4n) is 2.23. The number of phenols is 1. The maximum Gasteiger partial charge on any atom is 0.326 e. The molecule has 4 heteroatoms. The van der Waals surface area contributed by atoms with Gasteiger partial charge in [-0.15, -0.1) is 0 Å². The summed E-state index contributed by atoms with van der Waals surface area (Å²) in [5, 5.41) is 12.7. The Morgan fingerprint density at radius 2 is 1.95 bits per heavy atom. The Hall–Kier alpha value is -1.55. The minimum absolute atomic E-state index is 0.205. The third-order valence-electron chi connectivity index (χ3n) is 3.75. The molecule has 0 amide bonds. The molecule has 0 aliphatic rings. The summed E-state index contributed by atoms with van der Waals surface area (Å²) in [5.41, 5.74) is 0.401. The van der Waals surface area contributed by atoms with E-state index in [0.717, 1.165) is 18.4 Å². The summed E-state index contributed by atoms with van der Waals surface area (Å²) >= 11 is 0. The zero-order valence-corrected chi connectivity index (χ0v) is 13.5. The lowest BCUT2D eigenvalue weighted by Gasteiger charge is -2.31. The number of aromatic hydroxyl groups is 1. The van der Waals surface area contributed by atoms with E-state index in [9.17, 15) is 9.90 Å². The van der Waals surface area contributed by atoms with E-state index in [1.807, 2.05) is 26.0 Å². The van der Waals surface area contributed by atoms with Crippen molar-refractivity contribution in [2.75, 3.05) is 6.61 Å². The van der Waals surface area contributed by atoms with Crippen LogP contribution in [0.2, 0.25) is 0 Å². The Labute approximate surface area is 127 Å². The Bertz CT molecular complexity index is 444. The standard InChI is InChI=1S/C17H27NO3/c1-5-13(3)18-17(4,16(20)21-6-2)12-11-14-7-9-15(19)10-8-14/h7-10,13,18-19H,5-6,11-12H2,1-4H3. The molecular weight excluding hydrogens is 266 g/mol. The topological polar surface area (TPSA) is 58.6 Å². The van der Waals surface area contributed by atoms with Crippen LogP contribution >= 0.6 is 0 Å². The smallest absolute Gasteiger partial charge is 0.326 e. The monoisotopic (exact) mass is 293 g/mol. The SMILES string of the molecule is CCOC(=O)C(C)(CCc1ccc(O)cc1)NC(C)CC. The fraction of sp³-hybridized carbons (Fsp3) is 0.588. The molecule has 0 aliphatic heterocycles. The molecule has 0 aliphatic carbocycles. The van der Waals surface area contributed by atoms with Crippen molar-refractivity contribution in [2.24, 2.45) is 0 Å². The van der Waals surface area contributed by atoms with E-state index >= 15 is 0 Å². The van der Waals surface area contributed by atoms with Gasteiger partial charge in [0.1, 0.15) is 11.3 Å². The van der Waals surface area contributed by atoms with Gasteiger partial charge in [0, 0.05) is 6.04 Å². The maximum atomic E-state index is 12.3. The molecule has 0 radical (unpaired) electrons. The van der Waals surface area contributed by atoms with E-state index in [1.54, 1.807) is 12.1 Å². The maximum absolute atomic E-state index is 12.3. The van der Waals surface area contributed by atoms with Gasteiger partial charge in [-0.25, -0.2) is 0 Å². The fourth-order valence-corrected chi connectivity index (χ4v) is 2.23. The van der Waals surface area contributed by atoms with Crippen molar-refractivity contribution in [2.45, 2.75) is 58.5 Å². The quantitative estimate of drug-likeness (QED) is 0.723. The van der Waals surface area contributed by atoms with E-state index in [1.165, 1.54) is 0 Å². The van der Waals surface area contributed by atoms with E-state index in [0.29, 0.717) is 13.0 Å². The van der Waals surface area contributed by atoms with Crippen LogP contribution in [-0.2, 0) is 16.0 Å². The number of esters is 1. The molecule has 1 aromatic rings. The van der Waals surface area contributed by atoms with Gasteiger partial charge in [-0.1, -0.05) is 19.1 Å². The minimum atomic E-state index is -0.691. The third-order valence-corrected chi connectivity index (χ3v) is 3.75. The Balaban J connectivity index is 2.76. The molecular formula is C17H27NO3. The Morgan fingerprint density at radius 3 is 2.48 bits per heavy atom. The number of phenolic OH excluding ortho intramolecular Hbond substituents is 1. The summed E-state index contributed by atoms with van der Waals surface area (Å²) < 4.78 is 5.22. The van der Waals surface area contributed by atoms with Gasteiger partial charge in [0.25, 0.3) is 0 Å². The second-order valence-electron chi connectivity index (χ2n) is 5.67. The Morgan fingerprint density at radius 1 is 1.33 bits per heavy atom. The lowest BCUT2D eigenvalue weighted by atomic mass is 9.92. The molecule has 2 N–H and O–H groups in total. The molecule has 4 nitrogen and oxygen atoms in total. The molecule has 0 heterocycles. The highest BCUT2D eigenvalue weighted by atomic mass is 16.5. The predicted octanol–water partition coefficient (Wildman–Crippen LogP) is 3.03. The first-order valence-corrected chi connectivity index (χ1v) is 7.64. The highest BCUT2D eigenvalue weighted by Gasteiger charge is 2.35. The van der Waals surface area contributed by atoms with Crippen molar-refractivity contribution in [1.82, 2.24) is 5.32 Å². The molecule has 1 aromatic carbocycles. The summed E-state index contributed by atoms with van der Waals surface area (Å²) in [6.07, 6.45) is 2.36. The number of benzene rings is 1.